The van der Waals surface area contributed by atoms with E-state index in [-0.39, 0.29) is 13.2 Å². The molecule has 0 radical (unpaired) electrons. The van der Waals surface area contributed by atoms with Crippen molar-refractivity contribution >= 4 is 18.0 Å². The summed E-state index contributed by atoms with van der Waals surface area (Å²) in [6.07, 6.45) is 0.311. The number of nitrogens with zero attached hydrogens (tertiary/aromatic N) is 1. The largest absolute Gasteiger partial charge is 0.459 e. The highest BCUT2D eigenvalue weighted by molar-refractivity contribution is 5.95. The molecule has 0 aromatic heterocycles. The van der Waals surface area contributed by atoms with Crippen LogP contribution in [0.25, 0.3) is 0 Å². The molecule has 0 saturated carbocycles. The second-order valence-electron chi connectivity index (χ2n) is 8.78. The topological polar surface area (TPSA) is 72.9 Å². The maximum atomic E-state index is 12.3. The molecule has 0 fully saturated rings. The molecule has 0 heterocycles. The third-order valence-corrected chi connectivity index (χ3v) is 5.18. The molecule has 0 spiro atoms. The van der Waals surface area contributed by atoms with Gasteiger partial charge < -0.3 is 9.47 Å². The normalized spacial score (nSPS) is 10.6. The van der Waals surface area contributed by atoms with Crippen LogP contribution in [0.15, 0.2) is 91.0 Å². The summed E-state index contributed by atoms with van der Waals surface area (Å²) in [4.78, 5) is 37.1. The van der Waals surface area contributed by atoms with Gasteiger partial charge in [-0.2, -0.15) is 0 Å². The van der Waals surface area contributed by atoms with E-state index in [1.54, 1.807) is 12.1 Å². The van der Waals surface area contributed by atoms with Crippen LogP contribution in [0.1, 0.15) is 58.2 Å². The number of esters is 1. The van der Waals surface area contributed by atoms with Crippen molar-refractivity contribution in [1.29, 1.82) is 0 Å². The van der Waals surface area contributed by atoms with Gasteiger partial charge in [0.25, 0.3) is 0 Å². The van der Waals surface area contributed by atoms with E-state index in [0.29, 0.717) is 0 Å². The van der Waals surface area contributed by atoms with Crippen molar-refractivity contribution in [2.45, 2.75) is 67.2 Å². The van der Waals surface area contributed by atoms with Crippen LogP contribution in [0.4, 0.5) is 4.79 Å². The molecule has 0 aliphatic carbocycles. The number of hydrogen-bond acceptors (Lipinski definition) is 5. The maximum absolute atomic E-state index is 12.3. The summed E-state index contributed by atoms with van der Waals surface area (Å²) < 4.78 is 10.3. The Hall–Kier alpha value is -3.93. The van der Waals surface area contributed by atoms with Gasteiger partial charge in [-0.1, -0.05) is 119 Å². The summed E-state index contributed by atoms with van der Waals surface area (Å²) in [6.45, 7) is 11.2. The molecule has 0 N–H and O–H groups in total. The van der Waals surface area contributed by atoms with Gasteiger partial charge in [0.1, 0.15) is 19.3 Å². The minimum atomic E-state index is -1.08. The second kappa shape index (κ2) is 18.3. The van der Waals surface area contributed by atoms with Crippen LogP contribution < -0.4 is 0 Å². The molecule has 0 aliphatic rings. The minimum Gasteiger partial charge on any atom is -0.459 e. The molecule has 204 valence electrons. The van der Waals surface area contributed by atoms with Gasteiger partial charge in [0.05, 0.1) is 0 Å². The van der Waals surface area contributed by atoms with Crippen LogP contribution in [0.5, 0.6) is 0 Å². The van der Waals surface area contributed by atoms with Gasteiger partial charge in [0.2, 0.25) is 5.91 Å². The van der Waals surface area contributed by atoms with Crippen LogP contribution in [-0.2, 0) is 38.7 Å². The van der Waals surface area contributed by atoms with Crippen molar-refractivity contribution in [3.05, 3.63) is 108 Å². The highest BCUT2D eigenvalue weighted by Gasteiger charge is 2.31. The molecule has 3 aromatic carbocycles. The molecule has 1 unspecified atom stereocenters. The Bertz CT molecular complexity index is 1070. The number of hydrogen-bond donors (Lipinski definition) is 0. The first-order chi connectivity index (χ1) is 18.3. The summed E-state index contributed by atoms with van der Waals surface area (Å²) in [5, 5.41) is 0. The molecular weight excluding hydrogens is 478 g/mol. The molecule has 2 amide bonds. The van der Waals surface area contributed by atoms with Gasteiger partial charge >= 0.3 is 12.1 Å². The molecule has 0 bridgehead atoms. The zero-order valence-corrected chi connectivity index (χ0v) is 23.4. The molecule has 1 atom stereocenters. The van der Waals surface area contributed by atoms with E-state index in [9.17, 15) is 14.4 Å². The fourth-order valence-electron chi connectivity index (χ4n) is 3.39. The Kier molecular flexibility index (Phi) is 15.5. The standard InChI is InChI=1S/C20H21NO5.C10H14.C2H6/c1-15(19(23)25-13-17-9-5-3-6-10-17)21(16(2)22)20(24)26-14-18-11-7-4-8-12-18;1-9(2)8-10-6-4-3-5-7-10;1-2/h3-12,15H,13-14H2,1-2H3;3-7,9H,8H2,1-2H3;1-2H3. The monoisotopic (exact) mass is 519 g/mol. The lowest BCUT2D eigenvalue weighted by Crippen LogP contribution is -2.46. The Morgan fingerprint density at radius 1 is 0.658 bits per heavy atom. The van der Waals surface area contributed by atoms with Crippen molar-refractivity contribution in [3.8, 4) is 0 Å². The average Bonchev–Trinajstić information content (AvgIpc) is 2.93. The highest BCUT2D eigenvalue weighted by atomic mass is 16.6. The van der Waals surface area contributed by atoms with Gasteiger partial charge in [-0.25, -0.2) is 14.5 Å². The Labute approximate surface area is 227 Å². The van der Waals surface area contributed by atoms with Crippen molar-refractivity contribution in [2.75, 3.05) is 0 Å². The smallest absolute Gasteiger partial charge is 0.417 e. The van der Waals surface area contributed by atoms with Crippen molar-refractivity contribution in [1.82, 2.24) is 4.90 Å². The first-order valence-corrected chi connectivity index (χ1v) is 13.0. The van der Waals surface area contributed by atoms with Gasteiger partial charge in [-0.3, -0.25) is 4.79 Å². The number of amides is 2. The number of benzene rings is 3. The lowest BCUT2D eigenvalue weighted by molar-refractivity contribution is -0.153. The molecular formula is C32H41NO5. The van der Waals surface area contributed by atoms with Crippen molar-refractivity contribution in [3.63, 3.8) is 0 Å². The summed E-state index contributed by atoms with van der Waals surface area (Å²) in [6, 6.07) is 27.7. The first-order valence-electron chi connectivity index (χ1n) is 13.0. The van der Waals surface area contributed by atoms with E-state index in [4.69, 9.17) is 9.47 Å². The van der Waals surface area contributed by atoms with E-state index in [1.807, 2.05) is 62.4 Å². The van der Waals surface area contributed by atoms with E-state index in [1.165, 1.54) is 25.8 Å². The summed E-state index contributed by atoms with van der Waals surface area (Å²) in [5.41, 5.74) is 3.04. The molecule has 38 heavy (non-hydrogen) atoms. The molecule has 0 saturated heterocycles. The summed E-state index contributed by atoms with van der Waals surface area (Å²) in [5.74, 6) is -0.504. The molecule has 6 nitrogen and oxygen atoms in total. The second-order valence-corrected chi connectivity index (χ2v) is 8.78. The van der Waals surface area contributed by atoms with Gasteiger partial charge in [-0.15, -0.1) is 0 Å². The number of carbonyl (C=O) groups is 3. The predicted molar refractivity (Wildman–Crippen MR) is 151 cm³/mol. The quantitative estimate of drug-likeness (QED) is 0.294. The zero-order valence-electron chi connectivity index (χ0n) is 23.4. The third-order valence-electron chi connectivity index (χ3n) is 5.18. The van der Waals surface area contributed by atoms with Crippen LogP contribution >= 0.6 is 0 Å². The summed E-state index contributed by atoms with van der Waals surface area (Å²) in [7, 11) is 0. The fourth-order valence-corrected chi connectivity index (χ4v) is 3.39. The number of carbonyl (C=O) groups excluding carboxylic acids is 3. The van der Waals surface area contributed by atoms with Crippen LogP contribution in [-0.4, -0.2) is 28.9 Å². The van der Waals surface area contributed by atoms with Gasteiger partial charge in [0.15, 0.2) is 0 Å². The first kappa shape index (κ1) is 32.1. The number of imide groups is 1. The summed E-state index contributed by atoms with van der Waals surface area (Å²) >= 11 is 0. The third kappa shape index (κ3) is 12.3. The number of rotatable bonds is 8. The van der Waals surface area contributed by atoms with Crippen molar-refractivity contribution in [2.24, 2.45) is 5.92 Å². The SMILES string of the molecule is CC.CC(=O)N(C(=O)OCc1ccccc1)C(C)C(=O)OCc1ccccc1.CC(C)Cc1ccccc1. The highest BCUT2D eigenvalue weighted by Crippen LogP contribution is 2.10. The Morgan fingerprint density at radius 2 is 1.05 bits per heavy atom. The molecule has 3 rings (SSSR count). The van der Waals surface area contributed by atoms with Gasteiger partial charge in [0, 0.05) is 6.92 Å². The predicted octanol–water partition coefficient (Wildman–Crippen LogP) is 7.21. The van der Waals surface area contributed by atoms with Gasteiger partial charge in [-0.05, 0) is 36.0 Å². The Balaban J connectivity index is 0.000000501. The molecule has 6 heteroatoms. The lowest BCUT2D eigenvalue weighted by atomic mass is 10.0. The van der Waals surface area contributed by atoms with E-state index >= 15 is 0 Å². The van der Waals surface area contributed by atoms with Crippen LogP contribution in [0.2, 0.25) is 0 Å². The van der Waals surface area contributed by atoms with Crippen LogP contribution in [0, 0.1) is 5.92 Å². The average molecular weight is 520 g/mol. The Morgan fingerprint density at radius 3 is 1.45 bits per heavy atom. The van der Waals surface area contributed by atoms with Crippen molar-refractivity contribution < 1.29 is 23.9 Å². The van der Waals surface area contributed by atoms with E-state index < -0.39 is 24.0 Å². The maximum Gasteiger partial charge on any atom is 0.417 e. The molecule has 0 aliphatic heterocycles. The van der Waals surface area contributed by atoms with Crippen LogP contribution in [0.3, 0.4) is 0 Å². The molecule has 3 aromatic rings. The zero-order chi connectivity index (χ0) is 28.3. The number of ether oxygens (including phenoxy) is 2. The van der Waals surface area contributed by atoms with E-state index in [2.05, 4.69) is 44.2 Å². The fraction of sp³-hybridized carbons (Fsp3) is 0.344. The van der Waals surface area contributed by atoms with E-state index in [0.717, 1.165) is 21.9 Å². The lowest BCUT2D eigenvalue weighted by Gasteiger charge is -2.24. The minimum absolute atomic E-state index is 0.00916.